The Morgan fingerprint density at radius 1 is 1.48 bits per heavy atom. The smallest absolute Gasteiger partial charge is 0.220 e. The molecule has 0 bridgehead atoms. The van der Waals surface area contributed by atoms with Crippen molar-refractivity contribution in [1.29, 1.82) is 0 Å². The van der Waals surface area contributed by atoms with E-state index < -0.39 is 0 Å². The zero-order valence-electron chi connectivity index (χ0n) is 14.4. The first-order chi connectivity index (χ1) is 12.2. The van der Waals surface area contributed by atoms with Crippen molar-refractivity contribution in [2.75, 3.05) is 13.2 Å². The van der Waals surface area contributed by atoms with Crippen LogP contribution < -0.4 is 10.1 Å². The van der Waals surface area contributed by atoms with Crippen LogP contribution in [-0.4, -0.2) is 45.8 Å². The topological polar surface area (TPSA) is 78.3 Å². The average Bonchev–Trinajstić information content (AvgIpc) is 3.12. The van der Waals surface area contributed by atoms with E-state index in [1.807, 2.05) is 29.8 Å². The van der Waals surface area contributed by atoms with Crippen LogP contribution in [-0.2, 0) is 16.1 Å². The molecule has 1 fully saturated rings. The molecule has 2 aromatic heterocycles. The Labute approximate surface area is 147 Å². The summed E-state index contributed by atoms with van der Waals surface area (Å²) >= 11 is 0. The molecule has 0 saturated carbocycles. The third-order valence-electron chi connectivity index (χ3n) is 4.19. The largest absolute Gasteiger partial charge is 0.486 e. The maximum Gasteiger partial charge on any atom is 0.220 e. The third-order valence-corrected chi connectivity index (χ3v) is 4.19. The fraction of sp³-hybridized carbons (Fsp3) is 0.500. The maximum atomic E-state index is 12.2. The van der Waals surface area contributed by atoms with E-state index in [2.05, 4.69) is 15.3 Å². The molecule has 0 unspecified atom stereocenters. The van der Waals surface area contributed by atoms with E-state index in [1.165, 1.54) is 0 Å². The standard InChI is InChI=1S/C18H24N4O3/c1-14-4-5-15(11-20-14)25-17-6-10-24-12-16(17)21-18(23)3-2-8-22-9-7-19-13-22/h4-5,7,9,11,13,16-17H,2-3,6,8,10,12H2,1H3,(H,21,23)/t16-,17+/m0/s1. The van der Waals surface area contributed by atoms with Crippen molar-refractivity contribution < 1.29 is 14.3 Å². The SMILES string of the molecule is Cc1ccc(O[C@@H]2CCOC[C@@H]2NC(=O)CCCn2ccnc2)cn1. The highest BCUT2D eigenvalue weighted by molar-refractivity contribution is 5.76. The molecule has 7 heteroatoms. The predicted molar refractivity (Wildman–Crippen MR) is 92.2 cm³/mol. The number of aryl methyl sites for hydroxylation is 2. The Bertz CT molecular complexity index is 657. The highest BCUT2D eigenvalue weighted by Crippen LogP contribution is 2.18. The first kappa shape index (κ1) is 17.4. The van der Waals surface area contributed by atoms with Crippen molar-refractivity contribution in [3.8, 4) is 5.75 Å². The molecule has 0 spiro atoms. The molecule has 0 aliphatic carbocycles. The first-order valence-corrected chi connectivity index (χ1v) is 8.63. The van der Waals surface area contributed by atoms with Gasteiger partial charge >= 0.3 is 0 Å². The molecule has 1 N–H and O–H groups in total. The summed E-state index contributed by atoms with van der Waals surface area (Å²) in [6.07, 6.45) is 8.98. The monoisotopic (exact) mass is 344 g/mol. The van der Waals surface area contributed by atoms with Gasteiger partial charge in [0.2, 0.25) is 5.91 Å². The zero-order chi connectivity index (χ0) is 17.5. The van der Waals surface area contributed by atoms with Crippen molar-refractivity contribution in [2.24, 2.45) is 0 Å². The number of pyridine rings is 1. The summed E-state index contributed by atoms with van der Waals surface area (Å²) in [5.41, 5.74) is 0.946. The second-order valence-electron chi connectivity index (χ2n) is 6.23. The van der Waals surface area contributed by atoms with Crippen molar-refractivity contribution in [3.05, 3.63) is 42.7 Å². The van der Waals surface area contributed by atoms with Gasteiger partial charge in [0.25, 0.3) is 0 Å². The third kappa shape index (κ3) is 5.29. The molecular weight excluding hydrogens is 320 g/mol. The Balaban J connectivity index is 1.48. The van der Waals surface area contributed by atoms with Crippen LogP contribution in [0.1, 0.15) is 25.0 Å². The Morgan fingerprint density at radius 2 is 2.40 bits per heavy atom. The number of imidazole rings is 1. The van der Waals surface area contributed by atoms with Gasteiger partial charge in [0, 0.05) is 37.5 Å². The van der Waals surface area contributed by atoms with Crippen LogP contribution in [0.4, 0.5) is 0 Å². The quantitative estimate of drug-likeness (QED) is 0.827. The molecule has 7 nitrogen and oxygen atoms in total. The molecule has 3 heterocycles. The fourth-order valence-corrected chi connectivity index (χ4v) is 2.81. The lowest BCUT2D eigenvalue weighted by atomic mass is 10.1. The second kappa shape index (κ2) is 8.62. The number of aromatic nitrogens is 3. The highest BCUT2D eigenvalue weighted by atomic mass is 16.5. The van der Waals surface area contributed by atoms with Crippen LogP contribution in [0.2, 0.25) is 0 Å². The van der Waals surface area contributed by atoms with E-state index >= 15 is 0 Å². The van der Waals surface area contributed by atoms with Gasteiger partial charge in [-0.05, 0) is 25.5 Å². The van der Waals surface area contributed by atoms with E-state index in [0.29, 0.717) is 19.6 Å². The molecule has 1 aliphatic rings. The summed E-state index contributed by atoms with van der Waals surface area (Å²) in [6.45, 7) is 3.82. The van der Waals surface area contributed by atoms with E-state index in [-0.39, 0.29) is 18.1 Å². The number of hydrogen-bond donors (Lipinski definition) is 1. The number of amides is 1. The van der Waals surface area contributed by atoms with Crippen molar-refractivity contribution >= 4 is 5.91 Å². The molecule has 25 heavy (non-hydrogen) atoms. The highest BCUT2D eigenvalue weighted by Gasteiger charge is 2.28. The van der Waals surface area contributed by atoms with Gasteiger partial charge < -0.3 is 19.4 Å². The molecular formula is C18H24N4O3. The number of nitrogens with one attached hydrogen (secondary N) is 1. The summed E-state index contributed by atoms with van der Waals surface area (Å²) in [7, 11) is 0. The lowest BCUT2D eigenvalue weighted by Crippen LogP contribution is -2.51. The predicted octanol–water partition coefficient (Wildman–Crippen LogP) is 1.72. The van der Waals surface area contributed by atoms with Gasteiger partial charge in [-0.2, -0.15) is 0 Å². The number of rotatable bonds is 7. The molecule has 0 aromatic carbocycles. The normalized spacial score (nSPS) is 20.2. The number of hydrogen-bond acceptors (Lipinski definition) is 5. The number of nitrogens with zero attached hydrogens (tertiary/aromatic N) is 3. The van der Waals surface area contributed by atoms with E-state index in [0.717, 1.165) is 30.8 Å². The molecule has 2 atom stereocenters. The Morgan fingerprint density at radius 3 is 3.16 bits per heavy atom. The minimum absolute atomic E-state index is 0.0197. The van der Waals surface area contributed by atoms with Gasteiger partial charge in [-0.3, -0.25) is 9.78 Å². The van der Waals surface area contributed by atoms with Gasteiger partial charge in [-0.25, -0.2) is 4.98 Å². The lowest BCUT2D eigenvalue weighted by molar-refractivity contribution is -0.124. The molecule has 134 valence electrons. The van der Waals surface area contributed by atoms with Gasteiger partial charge in [-0.1, -0.05) is 0 Å². The molecule has 1 aliphatic heterocycles. The van der Waals surface area contributed by atoms with Gasteiger partial charge in [0.15, 0.2) is 0 Å². The zero-order valence-corrected chi connectivity index (χ0v) is 14.4. The summed E-state index contributed by atoms with van der Waals surface area (Å²) in [5, 5.41) is 3.05. The summed E-state index contributed by atoms with van der Waals surface area (Å²) < 4.78 is 13.5. The minimum Gasteiger partial charge on any atom is -0.486 e. The van der Waals surface area contributed by atoms with Crippen molar-refractivity contribution in [1.82, 2.24) is 19.9 Å². The van der Waals surface area contributed by atoms with Crippen LogP contribution in [0.3, 0.4) is 0 Å². The van der Waals surface area contributed by atoms with Gasteiger partial charge in [0.1, 0.15) is 11.9 Å². The molecule has 3 rings (SSSR count). The van der Waals surface area contributed by atoms with Gasteiger partial charge in [-0.15, -0.1) is 0 Å². The number of ether oxygens (including phenoxy) is 2. The summed E-state index contributed by atoms with van der Waals surface area (Å²) in [5.74, 6) is 0.739. The summed E-state index contributed by atoms with van der Waals surface area (Å²) in [4.78, 5) is 20.5. The van der Waals surface area contributed by atoms with Crippen LogP contribution in [0.25, 0.3) is 0 Å². The van der Waals surface area contributed by atoms with Gasteiger partial charge in [0.05, 0.1) is 31.8 Å². The minimum atomic E-state index is -0.143. The van der Waals surface area contributed by atoms with Crippen molar-refractivity contribution in [2.45, 2.75) is 44.9 Å². The maximum absolute atomic E-state index is 12.2. The summed E-state index contributed by atoms with van der Waals surface area (Å²) in [6, 6.07) is 3.68. The van der Waals surface area contributed by atoms with Crippen LogP contribution in [0, 0.1) is 6.92 Å². The lowest BCUT2D eigenvalue weighted by Gasteiger charge is -2.32. The molecule has 1 saturated heterocycles. The second-order valence-corrected chi connectivity index (χ2v) is 6.23. The van der Waals surface area contributed by atoms with E-state index in [9.17, 15) is 4.79 Å². The average molecular weight is 344 g/mol. The van der Waals surface area contributed by atoms with Crippen LogP contribution >= 0.6 is 0 Å². The molecule has 1 amide bonds. The number of carbonyl (C=O) groups excluding carboxylic acids is 1. The molecule has 2 aromatic rings. The fourth-order valence-electron chi connectivity index (χ4n) is 2.81. The molecule has 0 radical (unpaired) electrons. The van der Waals surface area contributed by atoms with Crippen molar-refractivity contribution in [3.63, 3.8) is 0 Å². The number of carbonyl (C=O) groups is 1. The Hall–Kier alpha value is -2.41. The van der Waals surface area contributed by atoms with E-state index in [4.69, 9.17) is 9.47 Å². The Kier molecular flexibility index (Phi) is 6.00. The first-order valence-electron chi connectivity index (χ1n) is 8.63. The van der Waals surface area contributed by atoms with Crippen LogP contribution in [0.5, 0.6) is 5.75 Å². The van der Waals surface area contributed by atoms with E-state index in [1.54, 1.807) is 18.7 Å². The van der Waals surface area contributed by atoms with Crippen LogP contribution in [0.15, 0.2) is 37.1 Å².